The van der Waals surface area contributed by atoms with E-state index in [1.165, 1.54) is 116 Å². The summed E-state index contributed by atoms with van der Waals surface area (Å²) in [5, 5.41) is 0. The van der Waals surface area contributed by atoms with Gasteiger partial charge in [0, 0.05) is 0 Å². The molecule has 0 aliphatic rings. The van der Waals surface area contributed by atoms with Crippen LogP contribution in [-0.4, -0.2) is 55.0 Å². The highest BCUT2D eigenvalue weighted by Crippen LogP contribution is 2.46. The molecule has 10 heteroatoms. The van der Waals surface area contributed by atoms with Crippen LogP contribution in [0.1, 0.15) is 119 Å². The van der Waals surface area contributed by atoms with Gasteiger partial charge < -0.3 is 33.9 Å². The summed E-state index contributed by atoms with van der Waals surface area (Å²) in [5.41, 5.74) is 0. The molecular weight excluding hydrogens is 486 g/mol. The molecule has 0 radical (unpaired) electrons. The van der Waals surface area contributed by atoms with Crippen LogP contribution in [0.4, 0.5) is 0 Å². The second-order valence-electron chi connectivity index (χ2n) is 9.54. The van der Waals surface area contributed by atoms with Gasteiger partial charge in [0.25, 0.3) is 0 Å². The van der Waals surface area contributed by atoms with E-state index in [2.05, 4.69) is 41.5 Å². The Balaban J connectivity index is -0.000000448. The van der Waals surface area contributed by atoms with E-state index < -0.39 is 21.1 Å². The number of quaternary nitrogens is 2. The molecule has 0 unspecified atom stereocenters. The highest BCUT2D eigenvalue weighted by molar-refractivity contribution is 7.68. The Kier molecular flexibility index (Phi) is 30.9. The first kappa shape index (κ1) is 39.7. The van der Waals surface area contributed by atoms with Gasteiger partial charge in [-0.3, -0.25) is 4.57 Å². The molecule has 0 fully saturated rings. The summed E-state index contributed by atoms with van der Waals surface area (Å²) in [6.45, 7) is 22.1. The molecule has 216 valence electrons. The lowest BCUT2D eigenvalue weighted by Crippen LogP contribution is -3.12. The number of hydrogen-bond donors (Lipinski definition) is 4. The summed E-state index contributed by atoms with van der Waals surface area (Å²) >= 11 is 0. The monoisotopic (exact) mass is 546 g/mol. The van der Waals surface area contributed by atoms with Crippen LogP contribution in [0.5, 0.6) is 0 Å². The van der Waals surface area contributed by atoms with Gasteiger partial charge in [-0.15, -0.1) is 0 Å². The topological polar surface area (TPSA) is 130 Å². The van der Waals surface area contributed by atoms with E-state index in [9.17, 15) is 18.9 Å². The van der Waals surface area contributed by atoms with E-state index in [0.717, 1.165) is 0 Å². The van der Waals surface area contributed by atoms with Gasteiger partial charge in [0.15, 0.2) is 0 Å². The maximum atomic E-state index is 9.77. The minimum atomic E-state index is -5.05. The van der Waals surface area contributed by atoms with Crippen molar-refractivity contribution in [2.45, 2.75) is 119 Å². The third-order valence-electron chi connectivity index (χ3n) is 5.66. The molecule has 0 heterocycles. The molecule has 0 amide bonds. The van der Waals surface area contributed by atoms with E-state index in [1.54, 1.807) is 0 Å². The number of unbranched alkanes of at least 4 members (excludes halogenated alkanes) is 6. The summed E-state index contributed by atoms with van der Waals surface area (Å²) in [6.07, 6.45) is 16.5. The Morgan fingerprint density at radius 1 is 0.514 bits per heavy atom. The smallest absolute Gasteiger partial charge is 0.330 e. The molecule has 0 rings (SSSR count). The standard InChI is InChI=1S/2C12H27N.CH6O6P2/c2*1-4-7-10-13(11-8-5-2)12-9-6-3;2-8(3,4)1-9(5,6)7/h2*4-12H2,1-3H3;1H2,(H2,2,3,4)(H2,5,6,7). The van der Waals surface area contributed by atoms with Crippen LogP contribution in [0, 0.1) is 0 Å². The first-order valence-corrected chi connectivity index (χ1v) is 17.7. The van der Waals surface area contributed by atoms with Crippen LogP contribution < -0.4 is 19.6 Å². The van der Waals surface area contributed by atoms with Crippen molar-refractivity contribution >= 4 is 15.2 Å². The zero-order valence-electron chi connectivity index (χ0n) is 23.9. The van der Waals surface area contributed by atoms with E-state index >= 15 is 0 Å². The molecule has 0 saturated carbocycles. The first-order chi connectivity index (χ1) is 16.4. The molecular formula is C25H60N2O6P2. The summed E-state index contributed by atoms with van der Waals surface area (Å²) in [4.78, 5) is 38.7. The molecule has 0 aliphatic heterocycles. The molecule has 8 nitrogen and oxygen atoms in total. The molecule has 0 bridgehead atoms. The van der Waals surface area contributed by atoms with E-state index in [0.29, 0.717) is 0 Å². The second-order valence-corrected chi connectivity index (χ2v) is 13.2. The number of rotatable bonds is 20. The number of hydrogen-bond acceptors (Lipinski definition) is 4. The lowest BCUT2D eigenvalue weighted by atomic mass is 10.2. The third kappa shape index (κ3) is 38.9. The molecule has 35 heavy (non-hydrogen) atoms. The zero-order valence-corrected chi connectivity index (χ0v) is 25.6. The predicted octanol–water partition coefficient (Wildman–Crippen LogP) is 2.58. The fourth-order valence-corrected chi connectivity index (χ4v) is 5.34. The van der Waals surface area contributed by atoms with Crippen LogP contribution in [0.15, 0.2) is 0 Å². The summed E-state index contributed by atoms with van der Waals surface area (Å²) in [5.74, 6) is -1.60. The molecule has 4 N–H and O–H groups in total. The maximum absolute atomic E-state index is 9.77. The zero-order chi connectivity index (χ0) is 27.6. The van der Waals surface area contributed by atoms with Crippen LogP contribution in [-0.2, 0) is 9.13 Å². The van der Waals surface area contributed by atoms with Gasteiger partial charge in [-0.2, -0.15) is 0 Å². The molecule has 0 aromatic rings. The van der Waals surface area contributed by atoms with Crippen molar-refractivity contribution < 1.29 is 38.5 Å². The average Bonchev–Trinajstić information content (AvgIpc) is 2.76. The summed E-state index contributed by atoms with van der Waals surface area (Å²) in [7, 11) is -9.73. The minimum absolute atomic E-state index is 1.35. The lowest BCUT2D eigenvalue weighted by molar-refractivity contribution is -0.900. The minimum Gasteiger partial charge on any atom is -0.810 e. The van der Waals surface area contributed by atoms with Crippen molar-refractivity contribution in [1.29, 1.82) is 0 Å². The van der Waals surface area contributed by atoms with Gasteiger partial charge in [-0.1, -0.05) is 87.7 Å². The largest absolute Gasteiger partial charge is 0.810 e. The van der Waals surface area contributed by atoms with Gasteiger partial charge in [-0.25, -0.2) is 0 Å². The van der Waals surface area contributed by atoms with Crippen molar-refractivity contribution in [1.82, 2.24) is 0 Å². The van der Waals surface area contributed by atoms with E-state index in [1.807, 2.05) is 9.80 Å². The van der Waals surface area contributed by atoms with Crippen LogP contribution in [0.3, 0.4) is 0 Å². The Labute approximate surface area is 217 Å². The quantitative estimate of drug-likeness (QED) is 0.174. The van der Waals surface area contributed by atoms with Crippen molar-refractivity contribution in [3.63, 3.8) is 0 Å². The third-order valence-corrected chi connectivity index (χ3v) is 8.52. The fourth-order valence-electron chi connectivity index (χ4n) is 3.54. The second kappa shape index (κ2) is 27.3. The highest BCUT2D eigenvalue weighted by Gasteiger charge is 2.14. The van der Waals surface area contributed by atoms with Crippen molar-refractivity contribution in [3.05, 3.63) is 0 Å². The van der Waals surface area contributed by atoms with Gasteiger partial charge in [-0.05, 0) is 38.5 Å². The van der Waals surface area contributed by atoms with Gasteiger partial charge in [0.2, 0.25) is 0 Å². The Morgan fingerprint density at radius 3 is 0.800 bits per heavy atom. The lowest BCUT2D eigenvalue weighted by Gasteiger charge is -2.28. The maximum Gasteiger partial charge on any atom is 0.330 e. The predicted molar refractivity (Wildman–Crippen MR) is 145 cm³/mol. The molecule has 0 aliphatic carbocycles. The molecule has 0 spiro atoms. The summed E-state index contributed by atoms with van der Waals surface area (Å²) in [6, 6.07) is 0. The van der Waals surface area contributed by atoms with Crippen LogP contribution in [0.25, 0.3) is 0 Å². The Hall–Kier alpha value is 0.220. The average molecular weight is 547 g/mol. The van der Waals surface area contributed by atoms with Crippen molar-refractivity contribution in [2.75, 3.05) is 45.2 Å². The molecule has 0 aromatic carbocycles. The van der Waals surface area contributed by atoms with Gasteiger partial charge >= 0.3 is 7.60 Å². The Bertz CT molecular complexity index is 432. The fraction of sp³-hybridized carbons (Fsp3) is 1.00. The van der Waals surface area contributed by atoms with E-state index in [-0.39, 0.29) is 0 Å². The molecule has 0 atom stereocenters. The van der Waals surface area contributed by atoms with E-state index in [4.69, 9.17) is 9.79 Å². The first-order valence-electron chi connectivity index (χ1n) is 14.1. The highest BCUT2D eigenvalue weighted by atomic mass is 31.2. The van der Waals surface area contributed by atoms with Crippen LogP contribution in [0.2, 0.25) is 0 Å². The molecule has 0 aromatic heterocycles. The van der Waals surface area contributed by atoms with Crippen molar-refractivity contribution in [3.8, 4) is 0 Å². The summed E-state index contributed by atoms with van der Waals surface area (Å²) < 4.78 is 19.4. The SMILES string of the molecule is CCCC[NH+](CCCC)CCCC.CCCC[NH+](CCCC)CCCC.O=P([O-])([O-])CP(=O)(O)O. The Morgan fingerprint density at radius 2 is 0.714 bits per heavy atom. The van der Waals surface area contributed by atoms with Crippen LogP contribution >= 0.6 is 15.2 Å². The molecule has 0 saturated heterocycles. The van der Waals surface area contributed by atoms with Gasteiger partial charge in [0.1, 0.15) is 0 Å². The van der Waals surface area contributed by atoms with Crippen molar-refractivity contribution in [2.24, 2.45) is 0 Å². The number of nitrogens with one attached hydrogen (secondary N) is 2. The normalized spacial score (nSPS) is 11.8. The van der Waals surface area contributed by atoms with Gasteiger partial charge in [0.05, 0.1) is 45.2 Å².